The molecule has 0 saturated carbocycles. The normalized spacial score (nSPS) is 15.5. The molecule has 3 aromatic rings. The van der Waals surface area contributed by atoms with Crippen molar-refractivity contribution in [3.8, 4) is 5.75 Å². The van der Waals surface area contributed by atoms with E-state index in [2.05, 4.69) is 21.8 Å². The van der Waals surface area contributed by atoms with E-state index in [1.54, 1.807) is 36.4 Å². The van der Waals surface area contributed by atoms with Crippen LogP contribution < -0.4 is 15.4 Å². The minimum atomic E-state index is -3.86. The smallest absolute Gasteiger partial charge is 0.248 e. The van der Waals surface area contributed by atoms with Gasteiger partial charge in [-0.1, -0.05) is 0 Å². The molecule has 0 spiro atoms. The Morgan fingerprint density at radius 1 is 1.03 bits per heavy atom. The first kappa shape index (κ1) is 22.0. The molecule has 2 N–H and O–H groups in total. The molecule has 1 amide bonds. The molecule has 0 atom stereocenters. The lowest BCUT2D eigenvalue weighted by Crippen LogP contribution is -2.29. The molecule has 1 aromatic heterocycles. The van der Waals surface area contributed by atoms with Crippen molar-refractivity contribution < 1.29 is 17.9 Å². The van der Waals surface area contributed by atoms with Crippen LogP contribution >= 0.6 is 0 Å². The molecule has 168 valence electrons. The Kier molecular flexibility index (Phi) is 6.03. The van der Waals surface area contributed by atoms with Crippen molar-refractivity contribution in [3.05, 3.63) is 54.1 Å². The maximum atomic E-state index is 13.4. The van der Waals surface area contributed by atoms with Crippen molar-refractivity contribution in [1.82, 2.24) is 9.88 Å². The highest BCUT2D eigenvalue weighted by molar-refractivity contribution is 7.91. The van der Waals surface area contributed by atoms with Crippen LogP contribution in [0.2, 0.25) is 0 Å². The first-order chi connectivity index (χ1) is 15.3. The number of rotatable bonds is 5. The summed E-state index contributed by atoms with van der Waals surface area (Å²) in [4.78, 5) is 20.8. The van der Waals surface area contributed by atoms with E-state index in [0.29, 0.717) is 22.2 Å². The fraction of sp³-hybridized carbons (Fsp3) is 0.304. The molecular formula is C23H26N4O4S. The Balaban J connectivity index is 1.88. The Labute approximate surface area is 187 Å². The summed E-state index contributed by atoms with van der Waals surface area (Å²) in [5.74, 6) is 0.0344. The van der Waals surface area contributed by atoms with Gasteiger partial charge in [-0.3, -0.25) is 4.79 Å². The molecule has 2 heterocycles. The standard InChI is InChI=1S/C23H26N4O4S/c1-26-10-3-11-27(13-12-26)21-15-22(25-20-9-4-16(23(24)28)14-19(20)21)32(29,30)18-7-5-17(31-2)6-8-18/h4-9,14-15H,3,10-13H2,1-2H3,(H2,24,28). The lowest BCUT2D eigenvalue weighted by molar-refractivity contribution is 0.100. The quantitative estimate of drug-likeness (QED) is 0.631. The molecule has 8 nitrogen and oxygen atoms in total. The van der Waals surface area contributed by atoms with E-state index < -0.39 is 15.7 Å². The molecule has 1 fully saturated rings. The number of aromatic nitrogens is 1. The van der Waals surface area contributed by atoms with Crippen LogP contribution in [0.5, 0.6) is 5.75 Å². The van der Waals surface area contributed by atoms with Crippen molar-refractivity contribution in [2.45, 2.75) is 16.3 Å². The summed E-state index contributed by atoms with van der Waals surface area (Å²) in [7, 11) is -0.263. The lowest BCUT2D eigenvalue weighted by atomic mass is 10.1. The van der Waals surface area contributed by atoms with Gasteiger partial charge in [-0.05, 0) is 68.5 Å². The molecule has 0 radical (unpaired) electrons. The number of pyridine rings is 1. The predicted molar refractivity (Wildman–Crippen MR) is 123 cm³/mol. The highest BCUT2D eigenvalue weighted by Gasteiger charge is 2.24. The number of carbonyl (C=O) groups is 1. The van der Waals surface area contributed by atoms with Crippen molar-refractivity contribution in [2.24, 2.45) is 5.73 Å². The van der Waals surface area contributed by atoms with Gasteiger partial charge in [-0.2, -0.15) is 0 Å². The Morgan fingerprint density at radius 2 is 1.78 bits per heavy atom. The first-order valence-electron chi connectivity index (χ1n) is 10.4. The molecular weight excluding hydrogens is 428 g/mol. The number of primary amides is 1. The fourth-order valence-electron chi connectivity index (χ4n) is 3.90. The highest BCUT2D eigenvalue weighted by Crippen LogP contribution is 2.32. The van der Waals surface area contributed by atoms with Gasteiger partial charge < -0.3 is 20.3 Å². The summed E-state index contributed by atoms with van der Waals surface area (Å²) in [6.45, 7) is 3.31. The van der Waals surface area contributed by atoms with Gasteiger partial charge in [0.15, 0.2) is 5.03 Å². The fourth-order valence-corrected chi connectivity index (χ4v) is 5.12. The molecule has 1 aliphatic heterocycles. The lowest BCUT2D eigenvalue weighted by Gasteiger charge is -2.25. The third-order valence-corrected chi connectivity index (χ3v) is 7.41. The zero-order valence-corrected chi connectivity index (χ0v) is 18.9. The zero-order valence-electron chi connectivity index (χ0n) is 18.1. The van der Waals surface area contributed by atoms with Gasteiger partial charge >= 0.3 is 0 Å². The van der Waals surface area contributed by atoms with Crippen molar-refractivity contribution in [2.75, 3.05) is 45.2 Å². The Bertz CT molecular complexity index is 1260. The average Bonchev–Trinajstić information content (AvgIpc) is 3.02. The third-order valence-electron chi connectivity index (χ3n) is 5.75. The van der Waals surface area contributed by atoms with Gasteiger partial charge in [-0.25, -0.2) is 13.4 Å². The van der Waals surface area contributed by atoms with Crippen molar-refractivity contribution in [3.63, 3.8) is 0 Å². The van der Waals surface area contributed by atoms with Crippen LogP contribution in [0.15, 0.2) is 58.5 Å². The summed E-state index contributed by atoms with van der Waals surface area (Å²) in [6.07, 6.45) is 0.941. The maximum absolute atomic E-state index is 13.4. The molecule has 9 heteroatoms. The second kappa shape index (κ2) is 8.76. The highest BCUT2D eigenvalue weighted by atomic mass is 32.2. The summed E-state index contributed by atoms with van der Waals surface area (Å²) in [5, 5.41) is 0.675. The van der Waals surface area contributed by atoms with Gasteiger partial charge in [0.25, 0.3) is 0 Å². The number of fused-ring (bicyclic) bond motifs is 1. The van der Waals surface area contributed by atoms with E-state index in [-0.39, 0.29) is 9.92 Å². The first-order valence-corrected chi connectivity index (χ1v) is 11.8. The minimum Gasteiger partial charge on any atom is -0.497 e. The number of amides is 1. The Morgan fingerprint density at radius 3 is 2.47 bits per heavy atom. The number of benzene rings is 2. The van der Waals surface area contributed by atoms with Crippen LogP contribution in [-0.2, 0) is 9.84 Å². The number of nitrogens with two attached hydrogens (primary N) is 1. The van der Waals surface area contributed by atoms with Crippen LogP contribution in [0.4, 0.5) is 5.69 Å². The summed E-state index contributed by atoms with van der Waals surface area (Å²) < 4.78 is 31.9. The number of likely N-dealkylation sites (N-methyl/N-ethyl adjacent to an activating group) is 1. The average molecular weight is 455 g/mol. The molecule has 1 aliphatic rings. The Hall–Kier alpha value is -3.17. The summed E-state index contributed by atoms with van der Waals surface area (Å²) >= 11 is 0. The van der Waals surface area contributed by atoms with E-state index in [1.807, 2.05) is 0 Å². The van der Waals surface area contributed by atoms with E-state index in [0.717, 1.165) is 38.3 Å². The third kappa shape index (κ3) is 4.26. The minimum absolute atomic E-state index is 0.0328. The van der Waals surface area contributed by atoms with Gasteiger partial charge in [0.2, 0.25) is 15.7 Å². The van der Waals surface area contributed by atoms with Crippen LogP contribution in [0.1, 0.15) is 16.8 Å². The molecule has 4 rings (SSSR count). The van der Waals surface area contributed by atoms with Gasteiger partial charge in [-0.15, -0.1) is 0 Å². The van der Waals surface area contributed by atoms with Gasteiger partial charge in [0.1, 0.15) is 5.75 Å². The van der Waals surface area contributed by atoms with Crippen LogP contribution in [-0.4, -0.2) is 64.5 Å². The van der Waals surface area contributed by atoms with Crippen LogP contribution in [0, 0.1) is 0 Å². The SMILES string of the molecule is COc1ccc(S(=O)(=O)c2cc(N3CCCN(C)CC3)c3cc(C(N)=O)ccc3n2)cc1. The van der Waals surface area contributed by atoms with E-state index in [1.165, 1.54) is 19.2 Å². The molecule has 32 heavy (non-hydrogen) atoms. The summed E-state index contributed by atoms with van der Waals surface area (Å²) in [5.41, 5.74) is 7.08. The molecule has 0 aliphatic carbocycles. The monoisotopic (exact) mass is 454 g/mol. The summed E-state index contributed by atoms with van der Waals surface area (Å²) in [6, 6.07) is 12.8. The van der Waals surface area contributed by atoms with Crippen LogP contribution in [0.25, 0.3) is 10.9 Å². The second-order valence-corrected chi connectivity index (χ2v) is 9.80. The van der Waals surface area contributed by atoms with E-state index >= 15 is 0 Å². The number of ether oxygens (including phenoxy) is 1. The van der Waals surface area contributed by atoms with Crippen molar-refractivity contribution in [1.29, 1.82) is 0 Å². The van der Waals surface area contributed by atoms with E-state index in [9.17, 15) is 13.2 Å². The van der Waals surface area contributed by atoms with Crippen LogP contribution in [0.3, 0.4) is 0 Å². The number of anilines is 1. The van der Waals surface area contributed by atoms with Gasteiger partial charge in [0, 0.05) is 36.3 Å². The zero-order chi connectivity index (χ0) is 22.9. The molecule has 1 saturated heterocycles. The topological polar surface area (TPSA) is 106 Å². The molecule has 0 unspecified atom stereocenters. The maximum Gasteiger partial charge on any atom is 0.248 e. The van der Waals surface area contributed by atoms with Gasteiger partial charge in [0.05, 0.1) is 17.5 Å². The number of methoxy groups -OCH3 is 1. The number of hydrogen-bond acceptors (Lipinski definition) is 7. The number of hydrogen-bond donors (Lipinski definition) is 1. The predicted octanol–water partition coefficient (Wildman–Crippen LogP) is 2.32. The number of nitrogens with zero attached hydrogens (tertiary/aromatic N) is 3. The number of carbonyl (C=O) groups excluding carboxylic acids is 1. The second-order valence-electron chi connectivity index (χ2n) is 7.90. The molecule has 0 bridgehead atoms. The number of sulfone groups is 1. The molecule has 2 aromatic carbocycles. The largest absolute Gasteiger partial charge is 0.497 e. The van der Waals surface area contributed by atoms with Crippen molar-refractivity contribution >= 4 is 32.3 Å². The van der Waals surface area contributed by atoms with E-state index in [4.69, 9.17) is 10.5 Å².